The smallest absolute Gasteiger partial charge is 0.165 e. The van der Waals surface area contributed by atoms with Crippen LogP contribution >= 0.6 is 11.6 Å². The second-order valence-electron chi connectivity index (χ2n) is 7.05. The minimum atomic E-state index is -0.313. The molecule has 28 heavy (non-hydrogen) atoms. The van der Waals surface area contributed by atoms with Crippen molar-refractivity contribution in [3.63, 3.8) is 0 Å². The third kappa shape index (κ3) is 4.18. The SMILES string of the molecule is COc1ccc(CN2CCC(Nc3ncnc4cc(Cl)ccc34)CC2)cc1F. The topological polar surface area (TPSA) is 50.3 Å². The molecule has 146 valence electrons. The number of ether oxygens (including phenoxy) is 1. The van der Waals surface area contributed by atoms with E-state index in [1.165, 1.54) is 7.11 Å². The zero-order valence-electron chi connectivity index (χ0n) is 15.7. The normalized spacial score (nSPS) is 15.7. The summed E-state index contributed by atoms with van der Waals surface area (Å²) in [4.78, 5) is 11.0. The van der Waals surface area contributed by atoms with Crippen molar-refractivity contribution in [3.05, 3.63) is 59.1 Å². The lowest BCUT2D eigenvalue weighted by molar-refractivity contribution is 0.211. The van der Waals surface area contributed by atoms with Gasteiger partial charge < -0.3 is 10.1 Å². The molecular weight excluding hydrogens is 379 g/mol. The molecule has 0 saturated carbocycles. The van der Waals surface area contributed by atoms with Gasteiger partial charge in [0.1, 0.15) is 12.1 Å². The van der Waals surface area contributed by atoms with Crippen molar-refractivity contribution in [1.29, 1.82) is 0 Å². The van der Waals surface area contributed by atoms with Gasteiger partial charge >= 0.3 is 0 Å². The fourth-order valence-corrected chi connectivity index (χ4v) is 3.81. The molecule has 1 aliphatic rings. The number of anilines is 1. The largest absolute Gasteiger partial charge is 0.494 e. The molecule has 2 heterocycles. The van der Waals surface area contributed by atoms with Crippen LogP contribution in [0.5, 0.6) is 5.75 Å². The van der Waals surface area contributed by atoms with E-state index >= 15 is 0 Å². The van der Waals surface area contributed by atoms with Crippen molar-refractivity contribution in [2.75, 3.05) is 25.5 Å². The number of hydrogen-bond donors (Lipinski definition) is 1. The maximum absolute atomic E-state index is 13.9. The third-order valence-corrected chi connectivity index (χ3v) is 5.38. The molecule has 7 heteroatoms. The molecule has 1 aliphatic heterocycles. The van der Waals surface area contributed by atoms with E-state index in [9.17, 15) is 4.39 Å². The third-order valence-electron chi connectivity index (χ3n) is 5.15. The number of aromatic nitrogens is 2. The molecule has 1 N–H and O–H groups in total. The van der Waals surface area contributed by atoms with Gasteiger partial charge in [-0.2, -0.15) is 0 Å². The van der Waals surface area contributed by atoms with Gasteiger partial charge in [-0.25, -0.2) is 14.4 Å². The van der Waals surface area contributed by atoms with E-state index in [-0.39, 0.29) is 11.6 Å². The van der Waals surface area contributed by atoms with E-state index in [0.717, 1.165) is 54.8 Å². The molecule has 0 atom stereocenters. The fourth-order valence-electron chi connectivity index (χ4n) is 3.64. The second kappa shape index (κ2) is 8.29. The van der Waals surface area contributed by atoms with Gasteiger partial charge in [-0.1, -0.05) is 17.7 Å². The minimum Gasteiger partial charge on any atom is -0.494 e. The molecule has 0 amide bonds. The Morgan fingerprint density at radius 3 is 2.75 bits per heavy atom. The van der Waals surface area contributed by atoms with E-state index < -0.39 is 0 Å². The van der Waals surface area contributed by atoms with Gasteiger partial charge in [-0.3, -0.25) is 4.90 Å². The van der Waals surface area contributed by atoms with Crippen LogP contribution in [0.1, 0.15) is 18.4 Å². The van der Waals surface area contributed by atoms with Crippen LogP contribution in [0.2, 0.25) is 5.02 Å². The number of piperidine rings is 1. The Morgan fingerprint density at radius 2 is 2.00 bits per heavy atom. The number of hydrogen-bond acceptors (Lipinski definition) is 5. The maximum Gasteiger partial charge on any atom is 0.165 e. The summed E-state index contributed by atoms with van der Waals surface area (Å²) in [7, 11) is 1.48. The molecule has 0 bridgehead atoms. The summed E-state index contributed by atoms with van der Waals surface area (Å²) in [5, 5.41) is 5.20. The van der Waals surface area contributed by atoms with E-state index in [1.807, 2.05) is 24.3 Å². The zero-order chi connectivity index (χ0) is 19.5. The summed E-state index contributed by atoms with van der Waals surface area (Å²) in [5.74, 6) is 0.815. The van der Waals surface area contributed by atoms with Crippen molar-refractivity contribution in [2.24, 2.45) is 0 Å². The zero-order valence-corrected chi connectivity index (χ0v) is 16.4. The quantitative estimate of drug-likeness (QED) is 0.683. The minimum absolute atomic E-state index is 0.282. The van der Waals surface area contributed by atoms with Crippen LogP contribution in [0.25, 0.3) is 10.9 Å². The molecule has 2 aromatic carbocycles. The van der Waals surface area contributed by atoms with Gasteiger partial charge in [0.2, 0.25) is 0 Å². The number of nitrogens with zero attached hydrogens (tertiary/aromatic N) is 3. The summed E-state index contributed by atoms with van der Waals surface area (Å²) < 4.78 is 18.9. The average Bonchev–Trinajstić information content (AvgIpc) is 2.69. The summed E-state index contributed by atoms with van der Waals surface area (Å²) in [6, 6.07) is 11.2. The van der Waals surface area contributed by atoms with E-state index in [0.29, 0.717) is 11.1 Å². The Bertz CT molecular complexity index is 976. The lowest BCUT2D eigenvalue weighted by Gasteiger charge is -2.32. The van der Waals surface area contributed by atoms with Gasteiger partial charge in [0, 0.05) is 36.1 Å². The maximum atomic E-state index is 13.9. The average molecular weight is 401 g/mol. The molecule has 0 unspecified atom stereocenters. The first-order chi connectivity index (χ1) is 13.6. The van der Waals surface area contributed by atoms with E-state index in [1.54, 1.807) is 18.5 Å². The molecule has 5 nitrogen and oxygen atoms in total. The Morgan fingerprint density at radius 1 is 1.18 bits per heavy atom. The van der Waals surface area contributed by atoms with Crippen LogP contribution in [0.4, 0.5) is 10.2 Å². The predicted octanol–water partition coefficient (Wildman–Crippen LogP) is 4.51. The number of methoxy groups -OCH3 is 1. The number of rotatable bonds is 5. The number of nitrogens with one attached hydrogen (secondary N) is 1. The second-order valence-corrected chi connectivity index (χ2v) is 7.48. The Hall–Kier alpha value is -2.44. The molecule has 1 fully saturated rings. The van der Waals surface area contributed by atoms with Crippen LogP contribution in [0.3, 0.4) is 0 Å². The van der Waals surface area contributed by atoms with Crippen molar-refractivity contribution in [3.8, 4) is 5.75 Å². The van der Waals surface area contributed by atoms with Gasteiger partial charge in [0.25, 0.3) is 0 Å². The standard InChI is InChI=1S/C21H22ClFN4O/c1-28-20-5-2-14(10-18(20)23)12-27-8-6-16(7-9-27)26-21-17-4-3-15(22)11-19(17)24-13-25-21/h2-5,10-11,13,16H,6-9,12H2,1H3,(H,24,25,26). The summed E-state index contributed by atoms with van der Waals surface area (Å²) >= 11 is 6.06. The highest BCUT2D eigenvalue weighted by atomic mass is 35.5. The van der Waals surface area contributed by atoms with Crippen molar-refractivity contribution in [1.82, 2.24) is 14.9 Å². The summed E-state index contributed by atoms with van der Waals surface area (Å²) in [6.45, 7) is 2.63. The molecule has 1 saturated heterocycles. The van der Waals surface area contributed by atoms with Crippen LogP contribution in [-0.2, 0) is 6.54 Å². The predicted molar refractivity (Wildman–Crippen MR) is 109 cm³/mol. The van der Waals surface area contributed by atoms with E-state index in [2.05, 4.69) is 20.2 Å². The van der Waals surface area contributed by atoms with Crippen LogP contribution < -0.4 is 10.1 Å². The highest BCUT2D eigenvalue weighted by Crippen LogP contribution is 2.25. The molecule has 0 radical (unpaired) electrons. The highest BCUT2D eigenvalue weighted by molar-refractivity contribution is 6.31. The van der Waals surface area contributed by atoms with Crippen LogP contribution in [0, 0.1) is 5.82 Å². The first kappa shape index (κ1) is 18.9. The molecule has 3 aromatic rings. The highest BCUT2D eigenvalue weighted by Gasteiger charge is 2.20. The van der Waals surface area contributed by atoms with Gasteiger partial charge in [0.15, 0.2) is 11.6 Å². The molecule has 0 aliphatic carbocycles. The van der Waals surface area contributed by atoms with Crippen molar-refractivity contribution < 1.29 is 9.13 Å². The Labute approximate surface area is 168 Å². The fraction of sp³-hybridized carbons (Fsp3) is 0.333. The Balaban J connectivity index is 1.36. The number of benzene rings is 2. The molecule has 1 aromatic heterocycles. The molecule has 4 rings (SSSR count). The number of halogens is 2. The van der Waals surface area contributed by atoms with Gasteiger partial charge in [-0.15, -0.1) is 0 Å². The lowest BCUT2D eigenvalue weighted by Crippen LogP contribution is -2.38. The number of likely N-dealkylation sites (tertiary alicyclic amines) is 1. The summed E-state index contributed by atoms with van der Waals surface area (Å²) in [5.41, 5.74) is 1.80. The van der Waals surface area contributed by atoms with Gasteiger partial charge in [-0.05, 0) is 48.7 Å². The molecular formula is C21H22ClFN4O. The van der Waals surface area contributed by atoms with Crippen LogP contribution in [-0.4, -0.2) is 41.1 Å². The first-order valence-electron chi connectivity index (χ1n) is 9.34. The Kier molecular flexibility index (Phi) is 5.59. The monoisotopic (exact) mass is 400 g/mol. The first-order valence-corrected chi connectivity index (χ1v) is 9.72. The van der Waals surface area contributed by atoms with Crippen molar-refractivity contribution >= 4 is 28.3 Å². The molecule has 0 spiro atoms. The van der Waals surface area contributed by atoms with Gasteiger partial charge in [0.05, 0.1) is 12.6 Å². The lowest BCUT2D eigenvalue weighted by atomic mass is 10.0. The van der Waals surface area contributed by atoms with Crippen LogP contribution in [0.15, 0.2) is 42.7 Å². The summed E-state index contributed by atoms with van der Waals surface area (Å²) in [6.07, 6.45) is 3.56. The number of fused-ring (bicyclic) bond motifs is 1. The van der Waals surface area contributed by atoms with Crippen molar-refractivity contribution in [2.45, 2.75) is 25.4 Å². The van der Waals surface area contributed by atoms with E-state index in [4.69, 9.17) is 16.3 Å².